The molecule has 4 rings (SSSR count). The number of nitrogens with zero attached hydrogens (tertiary/aromatic N) is 6. The standard InChI is InChI=1S/C17H11ClN6O3/c18-13-5-1-11(2-6-13)16-21-20-15(27-16)9-26-17(25)12-3-7-14(8-4-12)24-10-19-22-23-24/h1-8,10H,9H2. The van der Waals surface area contributed by atoms with E-state index in [4.69, 9.17) is 20.8 Å². The van der Waals surface area contributed by atoms with Crippen LogP contribution in [0.5, 0.6) is 0 Å². The Bertz CT molecular complexity index is 1050. The number of rotatable bonds is 5. The SMILES string of the molecule is O=C(OCc1nnc(-c2ccc(Cl)cc2)o1)c1ccc(-n2cnnn2)cc1. The molecule has 0 bridgehead atoms. The molecule has 0 aliphatic rings. The molecule has 0 N–H and O–H groups in total. The third-order valence-electron chi connectivity index (χ3n) is 3.60. The number of tetrazole rings is 1. The first-order chi connectivity index (χ1) is 13.2. The lowest BCUT2D eigenvalue weighted by Crippen LogP contribution is -2.06. The monoisotopic (exact) mass is 382 g/mol. The summed E-state index contributed by atoms with van der Waals surface area (Å²) in [4.78, 5) is 12.2. The second-order valence-corrected chi connectivity index (χ2v) is 5.82. The van der Waals surface area contributed by atoms with Crippen molar-refractivity contribution in [2.24, 2.45) is 0 Å². The molecule has 134 valence electrons. The molecule has 2 heterocycles. The van der Waals surface area contributed by atoms with Crippen LogP contribution in [0.15, 0.2) is 59.3 Å². The summed E-state index contributed by atoms with van der Waals surface area (Å²) in [5.41, 5.74) is 1.83. The molecule has 0 unspecified atom stereocenters. The van der Waals surface area contributed by atoms with Gasteiger partial charge in [-0.15, -0.1) is 15.3 Å². The van der Waals surface area contributed by atoms with Crippen molar-refractivity contribution in [1.29, 1.82) is 0 Å². The fraction of sp³-hybridized carbons (Fsp3) is 0.0588. The van der Waals surface area contributed by atoms with E-state index in [9.17, 15) is 4.79 Å². The van der Waals surface area contributed by atoms with Crippen LogP contribution in [0.1, 0.15) is 16.2 Å². The van der Waals surface area contributed by atoms with E-state index in [0.717, 1.165) is 11.3 Å². The number of carbonyl (C=O) groups excluding carboxylic acids is 1. The number of benzene rings is 2. The van der Waals surface area contributed by atoms with E-state index in [1.54, 1.807) is 48.5 Å². The van der Waals surface area contributed by atoms with Crippen LogP contribution in [0.2, 0.25) is 5.02 Å². The lowest BCUT2D eigenvalue weighted by molar-refractivity contribution is 0.0438. The van der Waals surface area contributed by atoms with Gasteiger partial charge in [0.2, 0.25) is 5.89 Å². The number of esters is 1. The minimum atomic E-state index is -0.510. The maximum atomic E-state index is 12.2. The van der Waals surface area contributed by atoms with Crippen LogP contribution in [0.4, 0.5) is 0 Å². The molecule has 0 saturated heterocycles. The summed E-state index contributed by atoms with van der Waals surface area (Å²) < 4.78 is 12.2. The molecule has 0 amide bonds. The molecule has 0 saturated carbocycles. The van der Waals surface area contributed by atoms with E-state index in [1.807, 2.05) is 0 Å². The highest BCUT2D eigenvalue weighted by molar-refractivity contribution is 6.30. The van der Waals surface area contributed by atoms with Crippen LogP contribution in [0, 0.1) is 0 Å². The van der Waals surface area contributed by atoms with E-state index in [2.05, 4.69) is 25.7 Å². The maximum Gasteiger partial charge on any atom is 0.338 e. The van der Waals surface area contributed by atoms with Crippen molar-refractivity contribution in [3.05, 3.63) is 71.3 Å². The van der Waals surface area contributed by atoms with Crippen LogP contribution in [-0.2, 0) is 11.3 Å². The first-order valence-electron chi connectivity index (χ1n) is 7.78. The molecular formula is C17H11ClN6O3. The quantitative estimate of drug-likeness (QED) is 0.484. The summed E-state index contributed by atoms with van der Waals surface area (Å²) in [6, 6.07) is 13.6. The van der Waals surface area contributed by atoms with Crippen LogP contribution >= 0.6 is 11.6 Å². The van der Waals surface area contributed by atoms with E-state index in [1.165, 1.54) is 11.0 Å². The Hall–Kier alpha value is -3.59. The zero-order valence-electron chi connectivity index (χ0n) is 13.7. The van der Waals surface area contributed by atoms with Crippen molar-refractivity contribution < 1.29 is 13.9 Å². The Labute approximate surface area is 157 Å². The Balaban J connectivity index is 1.38. The minimum Gasteiger partial charge on any atom is -0.452 e. The molecule has 0 aliphatic carbocycles. The molecular weight excluding hydrogens is 372 g/mol. The second-order valence-electron chi connectivity index (χ2n) is 5.39. The lowest BCUT2D eigenvalue weighted by atomic mass is 10.2. The van der Waals surface area contributed by atoms with Crippen LogP contribution < -0.4 is 0 Å². The van der Waals surface area contributed by atoms with Gasteiger partial charge in [0.1, 0.15) is 6.33 Å². The molecule has 2 aromatic carbocycles. The van der Waals surface area contributed by atoms with Gasteiger partial charge in [0.25, 0.3) is 5.89 Å². The predicted octanol–water partition coefficient (Wildman–Crippen LogP) is 2.72. The first-order valence-corrected chi connectivity index (χ1v) is 8.16. The van der Waals surface area contributed by atoms with E-state index < -0.39 is 5.97 Å². The fourth-order valence-electron chi connectivity index (χ4n) is 2.26. The minimum absolute atomic E-state index is 0.131. The largest absolute Gasteiger partial charge is 0.452 e. The summed E-state index contributed by atoms with van der Waals surface area (Å²) in [6.07, 6.45) is 1.46. The van der Waals surface area contributed by atoms with Crippen molar-refractivity contribution in [2.45, 2.75) is 6.61 Å². The number of ether oxygens (including phenoxy) is 1. The van der Waals surface area contributed by atoms with Crippen molar-refractivity contribution in [1.82, 2.24) is 30.4 Å². The molecule has 0 atom stereocenters. The summed E-state index contributed by atoms with van der Waals surface area (Å²) in [5.74, 6) is 0.00614. The molecule has 2 aromatic heterocycles. The van der Waals surface area contributed by atoms with Crippen molar-refractivity contribution in [3.63, 3.8) is 0 Å². The summed E-state index contributed by atoms with van der Waals surface area (Å²) >= 11 is 5.85. The Morgan fingerprint density at radius 2 is 1.85 bits per heavy atom. The number of hydrogen-bond donors (Lipinski definition) is 0. The molecule has 4 aromatic rings. The van der Waals surface area contributed by atoms with Gasteiger partial charge in [-0.1, -0.05) is 11.6 Å². The number of hydrogen-bond acceptors (Lipinski definition) is 8. The zero-order chi connectivity index (χ0) is 18.6. The summed E-state index contributed by atoms with van der Waals surface area (Å²) in [6.45, 7) is -0.131. The lowest BCUT2D eigenvalue weighted by Gasteiger charge is -2.03. The highest BCUT2D eigenvalue weighted by Crippen LogP contribution is 2.20. The van der Waals surface area contributed by atoms with Crippen molar-refractivity contribution in [2.75, 3.05) is 0 Å². The summed E-state index contributed by atoms with van der Waals surface area (Å²) in [5, 5.41) is 19.3. The fourth-order valence-corrected chi connectivity index (χ4v) is 2.39. The van der Waals surface area contributed by atoms with Crippen molar-refractivity contribution in [3.8, 4) is 17.1 Å². The predicted molar refractivity (Wildman–Crippen MR) is 93.0 cm³/mol. The van der Waals surface area contributed by atoms with Crippen LogP contribution in [-0.4, -0.2) is 36.4 Å². The molecule has 0 fully saturated rings. The van der Waals surface area contributed by atoms with E-state index in [-0.39, 0.29) is 12.5 Å². The third kappa shape index (κ3) is 3.82. The van der Waals surface area contributed by atoms with Crippen molar-refractivity contribution >= 4 is 17.6 Å². The van der Waals surface area contributed by atoms with Gasteiger partial charge in [0, 0.05) is 10.6 Å². The first kappa shape index (κ1) is 16.9. The van der Waals surface area contributed by atoms with Gasteiger partial charge < -0.3 is 9.15 Å². The normalized spacial score (nSPS) is 10.7. The molecule has 0 spiro atoms. The number of aromatic nitrogens is 6. The topological polar surface area (TPSA) is 109 Å². The highest BCUT2D eigenvalue weighted by Gasteiger charge is 2.13. The number of carbonyl (C=O) groups is 1. The third-order valence-corrected chi connectivity index (χ3v) is 3.85. The Kier molecular flexibility index (Phi) is 4.58. The van der Waals surface area contributed by atoms with Crippen LogP contribution in [0.3, 0.4) is 0 Å². The van der Waals surface area contributed by atoms with Gasteiger partial charge in [0.05, 0.1) is 11.3 Å². The van der Waals surface area contributed by atoms with Gasteiger partial charge in [-0.2, -0.15) is 0 Å². The van der Waals surface area contributed by atoms with E-state index in [0.29, 0.717) is 16.5 Å². The average Bonchev–Trinajstić information content (AvgIpc) is 3.39. The zero-order valence-corrected chi connectivity index (χ0v) is 14.4. The van der Waals surface area contributed by atoms with Gasteiger partial charge in [-0.25, -0.2) is 9.48 Å². The van der Waals surface area contributed by atoms with E-state index >= 15 is 0 Å². The maximum absolute atomic E-state index is 12.2. The second kappa shape index (κ2) is 7.34. The molecule has 0 radical (unpaired) electrons. The van der Waals surface area contributed by atoms with Gasteiger partial charge in [-0.3, -0.25) is 0 Å². The summed E-state index contributed by atoms with van der Waals surface area (Å²) in [7, 11) is 0. The molecule has 10 heteroatoms. The van der Waals surface area contributed by atoms with Gasteiger partial charge in [-0.05, 0) is 59.0 Å². The Morgan fingerprint density at radius 1 is 1.07 bits per heavy atom. The van der Waals surface area contributed by atoms with Gasteiger partial charge in [0.15, 0.2) is 6.61 Å². The molecule has 0 aliphatic heterocycles. The Morgan fingerprint density at radius 3 is 2.56 bits per heavy atom. The van der Waals surface area contributed by atoms with Crippen LogP contribution in [0.25, 0.3) is 17.1 Å². The highest BCUT2D eigenvalue weighted by atomic mass is 35.5. The number of halogens is 1. The van der Waals surface area contributed by atoms with Gasteiger partial charge >= 0.3 is 5.97 Å². The average molecular weight is 383 g/mol. The smallest absolute Gasteiger partial charge is 0.338 e. The molecule has 9 nitrogen and oxygen atoms in total. The molecule has 27 heavy (non-hydrogen) atoms.